The van der Waals surface area contributed by atoms with Crippen LogP contribution in [-0.4, -0.2) is 22.5 Å². The Morgan fingerprint density at radius 2 is 2.29 bits per heavy atom. The average Bonchev–Trinajstić information content (AvgIpc) is 2.78. The molecule has 0 aliphatic carbocycles. The van der Waals surface area contributed by atoms with Crippen LogP contribution >= 0.6 is 11.8 Å². The number of alkyl halides is 3. The second-order valence-corrected chi connectivity index (χ2v) is 5.35. The molecule has 94 valence electrons. The van der Waals surface area contributed by atoms with Crippen LogP contribution < -0.4 is 5.32 Å². The van der Waals surface area contributed by atoms with Crippen molar-refractivity contribution in [3.63, 3.8) is 0 Å². The Morgan fingerprint density at radius 3 is 2.94 bits per heavy atom. The van der Waals surface area contributed by atoms with Crippen LogP contribution in [0.15, 0.2) is 18.3 Å². The summed E-state index contributed by atoms with van der Waals surface area (Å²) in [4.78, 5) is 3.89. The lowest BCUT2D eigenvalue weighted by atomic mass is 10.2. The summed E-state index contributed by atoms with van der Waals surface area (Å²) in [7, 11) is 0. The first kappa shape index (κ1) is 12.5. The van der Waals surface area contributed by atoms with Gasteiger partial charge in [-0.25, -0.2) is 4.98 Å². The molecule has 0 amide bonds. The summed E-state index contributed by atoms with van der Waals surface area (Å²) in [6, 6.07) is 2.04. The van der Waals surface area contributed by atoms with E-state index in [2.05, 4.69) is 10.3 Å². The highest BCUT2D eigenvalue weighted by Gasteiger charge is 2.30. The van der Waals surface area contributed by atoms with Gasteiger partial charge >= 0.3 is 6.18 Å². The molecule has 1 aromatic heterocycles. The van der Waals surface area contributed by atoms with Crippen molar-refractivity contribution in [1.29, 1.82) is 0 Å². The maximum atomic E-state index is 12.4. The Hall–Kier alpha value is -0.910. The molecular weight excluding hydrogens is 249 g/mol. The fourth-order valence-corrected chi connectivity index (χ4v) is 2.93. The summed E-state index contributed by atoms with van der Waals surface area (Å²) in [5.41, 5.74) is -0.658. The topological polar surface area (TPSA) is 24.9 Å². The lowest BCUT2D eigenvalue weighted by Crippen LogP contribution is -2.15. The third-order valence-electron chi connectivity index (χ3n) is 2.62. The fourth-order valence-electron chi connectivity index (χ4n) is 1.73. The minimum atomic E-state index is -4.30. The molecule has 1 atom stereocenters. The van der Waals surface area contributed by atoms with E-state index in [1.165, 1.54) is 12.6 Å². The summed E-state index contributed by atoms with van der Waals surface area (Å²) in [5.74, 6) is 1.44. The van der Waals surface area contributed by atoms with Crippen molar-refractivity contribution >= 4 is 17.6 Å². The van der Waals surface area contributed by atoms with E-state index in [-0.39, 0.29) is 0 Å². The predicted molar refractivity (Wildman–Crippen MR) is 63.2 cm³/mol. The number of rotatable bonds is 3. The lowest BCUT2D eigenvalue weighted by molar-refractivity contribution is -0.137. The van der Waals surface area contributed by atoms with E-state index < -0.39 is 11.7 Å². The van der Waals surface area contributed by atoms with Crippen LogP contribution in [0, 0.1) is 0 Å². The van der Waals surface area contributed by atoms with Gasteiger partial charge < -0.3 is 5.32 Å². The van der Waals surface area contributed by atoms with Crippen molar-refractivity contribution in [3.8, 4) is 0 Å². The van der Waals surface area contributed by atoms with Crippen molar-refractivity contribution < 1.29 is 13.2 Å². The fraction of sp³-hybridized carbons (Fsp3) is 0.545. The molecule has 0 radical (unpaired) electrons. The van der Waals surface area contributed by atoms with Gasteiger partial charge in [0.2, 0.25) is 0 Å². The molecule has 1 aliphatic rings. The second kappa shape index (κ2) is 5.16. The third kappa shape index (κ3) is 3.52. The molecule has 0 aromatic carbocycles. The van der Waals surface area contributed by atoms with Crippen molar-refractivity contribution in [2.24, 2.45) is 0 Å². The molecule has 1 unspecified atom stereocenters. The number of anilines is 1. The van der Waals surface area contributed by atoms with Gasteiger partial charge in [-0.3, -0.25) is 0 Å². The van der Waals surface area contributed by atoms with Crippen LogP contribution in [0.2, 0.25) is 0 Å². The number of hydrogen-bond donors (Lipinski definition) is 1. The van der Waals surface area contributed by atoms with Gasteiger partial charge in [0.15, 0.2) is 0 Å². The van der Waals surface area contributed by atoms with Crippen molar-refractivity contribution in [1.82, 2.24) is 4.98 Å². The van der Waals surface area contributed by atoms with Gasteiger partial charge in [-0.15, -0.1) is 0 Å². The monoisotopic (exact) mass is 262 g/mol. The van der Waals surface area contributed by atoms with E-state index in [9.17, 15) is 13.2 Å². The average molecular weight is 262 g/mol. The summed E-state index contributed by atoms with van der Waals surface area (Å²) >= 11 is 1.86. The van der Waals surface area contributed by atoms with Crippen LogP contribution in [0.5, 0.6) is 0 Å². The first-order chi connectivity index (χ1) is 8.05. The van der Waals surface area contributed by atoms with E-state index in [1.54, 1.807) is 0 Å². The molecule has 2 heterocycles. The van der Waals surface area contributed by atoms with Crippen LogP contribution in [0.1, 0.15) is 18.4 Å². The SMILES string of the molecule is FC(F)(F)c1ccnc(NCC2CCCS2)c1. The molecule has 2 rings (SSSR count). The smallest absolute Gasteiger partial charge is 0.369 e. The van der Waals surface area contributed by atoms with E-state index in [0.717, 1.165) is 24.3 Å². The molecule has 2 nitrogen and oxygen atoms in total. The Morgan fingerprint density at radius 1 is 1.47 bits per heavy atom. The molecule has 0 saturated carbocycles. The molecule has 6 heteroatoms. The van der Waals surface area contributed by atoms with Crippen molar-refractivity contribution in [2.75, 3.05) is 17.6 Å². The molecule has 1 fully saturated rings. The number of nitrogens with one attached hydrogen (secondary N) is 1. The predicted octanol–water partition coefficient (Wildman–Crippen LogP) is 3.41. The largest absolute Gasteiger partial charge is 0.416 e. The van der Waals surface area contributed by atoms with Crippen LogP contribution in [-0.2, 0) is 6.18 Å². The molecular formula is C11H13F3N2S. The van der Waals surface area contributed by atoms with E-state index in [1.807, 2.05) is 11.8 Å². The van der Waals surface area contributed by atoms with Gasteiger partial charge in [-0.1, -0.05) is 0 Å². The molecule has 0 bridgehead atoms. The first-order valence-corrected chi connectivity index (χ1v) is 6.49. The highest BCUT2D eigenvalue weighted by atomic mass is 32.2. The molecule has 1 aromatic rings. The standard InChI is InChI=1S/C11H13F3N2S/c12-11(13,14)8-3-4-15-10(6-8)16-7-9-2-1-5-17-9/h3-4,6,9H,1-2,5,7H2,(H,15,16). The Balaban J connectivity index is 1.96. The molecule has 17 heavy (non-hydrogen) atoms. The Bertz CT molecular complexity index is 375. The van der Waals surface area contributed by atoms with Crippen LogP contribution in [0.3, 0.4) is 0 Å². The van der Waals surface area contributed by atoms with Gasteiger partial charge in [0.1, 0.15) is 5.82 Å². The first-order valence-electron chi connectivity index (χ1n) is 5.44. The number of hydrogen-bond acceptors (Lipinski definition) is 3. The highest BCUT2D eigenvalue weighted by molar-refractivity contribution is 8.00. The van der Waals surface area contributed by atoms with E-state index in [0.29, 0.717) is 17.6 Å². The number of thioether (sulfide) groups is 1. The number of pyridine rings is 1. The van der Waals surface area contributed by atoms with Gasteiger partial charge in [0.05, 0.1) is 5.56 Å². The molecule has 1 saturated heterocycles. The summed E-state index contributed by atoms with van der Waals surface area (Å²) in [6.07, 6.45) is -0.807. The van der Waals surface area contributed by atoms with Gasteiger partial charge in [-0.05, 0) is 30.7 Å². The van der Waals surface area contributed by atoms with Gasteiger partial charge in [0.25, 0.3) is 0 Å². The number of aromatic nitrogens is 1. The summed E-state index contributed by atoms with van der Waals surface area (Å²) < 4.78 is 37.3. The Kier molecular flexibility index (Phi) is 3.81. The minimum absolute atomic E-state index is 0.298. The zero-order valence-electron chi connectivity index (χ0n) is 9.13. The van der Waals surface area contributed by atoms with Crippen molar-refractivity contribution in [3.05, 3.63) is 23.9 Å². The van der Waals surface area contributed by atoms with Gasteiger partial charge in [0, 0.05) is 18.0 Å². The molecule has 0 spiro atoms. The maximum Gasteiger partial charge on any atom is 0.416 e. The maximum absolute atomic E-state index is 12.4. The van der Waals surface area contributed by atoms with Crippen LogP contribution in [0.25, 0.3) is 0 Å². The van der Waals surface area contributed by atoms with E-state index >= 15 is 0 Å². The quantitative estimate of drug-likeness (QED) is 0.903. The lowest BCUT2D eigenvalue weighted by Gasteiger charge is -2.12. The van der Waals surface area contributed by atoms with Crippen molar-refractivity contribution in [2.45, 2.75) is 24.3 Å². The van der Waals surface area contributed by atoms with E-state index in [4.69, 9.17) is 0 Å². The second-order valence-electron chi connectivity index (χ2n) is 3.94. The van der Waals surface area contributed by atoms with Gasteiger partial charge in [-0.2, -0.15) is 24.9 Å². The molecule has 1 aliphatic heterocycles. The minimum Gasteiger partial charge on any atom is -0.369 e. The number of nitrogens with zero attached hydrogens (tertiary/aromatic N) is 1. The Labute approximate surface area is 102 Å². The zero-order chi connectivity index (χ0) is 12.3. The zero-order valence-corrected chi connectivity index (χ0v) is 9.94. The summed E-state index contributed by atoms with van der Waals surface area (Å²) in [6.45, 7) is 0.680. The molecule has 1 N–H and O–H groups in total. The van der Waals surface area contributed by atoms with Crippen LogP contribution in [0.4, 0.5) is 19.0 Å². The normalized spacial score (nSPS) is 20.5. The third-order valence-corrected chi connectivity index (χ3v) is 4.02. The summed E-state index contributed by atoms with van der Waals surface area (Å²) in [5, 5.41) is 3.46. The highest BCUT2D eigenvalue weighted by Crippen LogP contribution is 2.30. The number of halogens is 3.